The van der Waals surface area contributed by atoms with Crippen LogP contribution in [0.4, 0.5) is 5.69 Å². The van der Waals surface area contributed by atoms with Gasteiger partial charge in [0, 0.05) is 11.3 Å². The summed E-state index contributed by atoms with van der Waals surface area (Å²) in [6.07, 6.45) is 0. The van der Waals surface area contributed by atoms with Gasteiger partial charge in [-0.15, -0.1) is 11.3 Å². The SMILES string of the molecule is Cc1ccc(-c2nc3cc(NC(=O)c4cccs4)ccc3o2)cc1. The van der Waals surface area contributed by atoms with E-state index in [1.807, 2.05) is 60.8 Å². The summed E-state index contributed by atoms with van der Waals surface area (Å²) >= 11 is 1.41. The smallest absolute Gasteiger partial charge is 0.265 e. The normalized spacial score (nSPS) is 10.9. The molecule has 2 aromatic carbocycles. The van der Waals surface area contributed by atoms with Crippen LogP contribution in [0.5, 0.6) is 0 Å². The molecule has 2 aromatic heterocycles. The minimum absolute atomic E-state index is 0.119. The van der Waals surface area contributed by atoms with Gasteiger partial charge >= 0.3 is 0 Å². The molecule has 0 aliphatic rings. The molecular formula is C19H14N2O2S. The highest BCUT2D eigenvalue weighted by Crippen LogP contribution is 2.26. The lowest BCUT2D eigenvalue weighted by Crippen LogP contribution is -2.09. The van der Waals surface area contributed by atoms with Crippen molar-refractivity contribution in [1.82, 2.24) is 4.98 Å². The molecule has 0 aliphatic carbocycles. The molecule has 0 atom stereocenters. The van der Waals surface area contributed by atoms with Crippen LogP contribution in [0.15, 0.2) is 64.4 Å². The molecule has 1 N–H and O–H groups in total. The second kappa shape index (κ2) is 5.94. The number of nitrogens with zero attached hydrogens (tertiary/aromatic N) is 1. The second-order valence-corrected chi connectivity index (χ2v) is 6.45. The monoisotopic (exact) mass is 334 g/mol. The third-order valence-electron chi connectivity index (χ3n) is 3.69. The van der Waals surface area contributed by atoms with Crippen molar-refractivity contribution < 1.29 is 9.21 Å². The molecule has 0 saturated heterocycles. The maximum absolute atomic E-state index is 12.1. The molecule has 118 valence electrons. The topological polar surface area (TPSA) is 55.1 Å². The summed E-state index contributed by atoms with van der Waals surface area (Å²) in [6.45, 7) is 2.04. The van der Waals surface area contributed by atoms with Crippen molar-refractivity contribution in [1.29, 1.82) is 0 Å². The molecular weight excluding hydrogens is 320 g/mol. The fourth-order valence-electron chi connectivity index (χ4n) is 2.43. The molecule has 4 rings (SSSR count). The van der Waals surface area contributed by atoms with Crippen LogP contribution in [0.2, 0.25) is 0 Å². The number of aryl methyl sites for hydroxylation is 1. The number of benzene rings is 2. The lowest BCUT2D eigenvalue weighted by molar-refractivity contribution is 0.103. The minimum atomic E-state index is -0.119. The Bertz CT molecular complexity index is 1000. The standard InChI is InChI=1S/C19H14N2O2S/c1-12-4-6-13(7-5-12)19-21-15-11-14(8-9-16(15)23-19)20-18(22)17-3-2-10-24-17/h2-11H,1H3,(H,20,22). The number of carbonyl (C=O) groups excluding carboxylic acids is 1. The zero-order chi connectivity index (χ0) is 16.5. The van der Waals surface area contributed by atoms with Crippen molar-refractivity contribution >= 4 is 34.0 Å². The number of hydrogen-bond donors (Lipinski definition) is 1. The van der Waals surface area contributed by atoms with E-state index in [1.165, 1.54) is 16.9 Å². The Kier molecular flexibility index (Phi) is 3.63. The number of anilines is 1. The molecule has 4 nitrogen and oxygen atoms in total. The largest absolute Gasteiger partial charge is 0.436 e. The summed E-state index contributed by atoms with van der Waals surface area (Å²) in [5.74, 6) is 0.457. The van der Waals surface area contributed by atoms with Crippen LogP contribution in [0, 0.1) is 6.92 Å². The molecule has 0 saturated carbocycles. The Morgan fingerprint density at radius 2 is 1.96 bits per heavy atom. The number of carbonyl (C=O) groups is 1. The first kappa shape index (κ1) is 14.7. The zero-order valence-electron chi connectivity index (χ0n) is 12.9. The van der Waals surface area contributed by atoms with E-state index in [0.29, 0.717) is 22.0 Å². The van der Waals surface area contributed by atoms with Crippen LogP contribution in [-0.2, 0) is 0 Å². The summed E-state index contributed by atoms with van der Waals surface area (Å²) in [4.78, 5) is 17.3. The van der Waals surface area contributed by atoms with Gasteiger partial charge in [0.15, 0.2) is 5.58 Å². The Morgan fingerprint density at radius 1 is 1.12 bits per heavy atom. The molecule has 5 heteroatoms. The first-order chi connectivity index (χ1) is 11.7. The van der Waals surface area contributed by atoms with Crippen LogP contribution in [-0.4, -0.2) is 10.9 Å². The van der Waals surface area contributed by atoms with Gasteiger partial charge in [-0.05, 0) is 48.7 Å². The molecule has 0 spiro atoms. The minimum Gasteiger partial charge on any atom is -0.436 e. The van der Waals surface area contributed by atoms with E-state index >= 15 is 0 Å². The average Bonchev–Trinajstić information content (AvgIpc) is 3.24. The fourth-order valence-corrected chi connectivity index (χ4v) is 3.04. The van der Waals surface area contributed by atoms with E-state index in [9.17, 15) is 4.79 Å². The first-order valence-corrected chi connectivity index (χ1v) is 8.39. The van der Waals surface area contributed by atoms with E-state index in [0.717, 1.165) is 11.1 Å². The molecule has 0 unspecified atom stereocenters. The van der Waals surface area contributed by atoms with Gasteiger partial charge in [-0.3, -0.25) is 4.79 Å². The predicted molar refractivity (Wildman–Crippen MR) is 96.5 cm³/mol. The van der Waals surface area contributed by atoms with Crippen LogP contribution in [0.3, 0.4) is 0 Å². The van der Waals surface area contributed by atoms with Gasteiger partial charge in [0.2, 0.25) is 5.89 Å². The van der Waals surface area contributed by atoms with Crippen LogP contribution < -0.4 is 5.32 Å². The Morgan fingerprint density at radius 3 is 2.71 bits per heavy atom. The van der Waals surface area contributed by atoms with Gasteiger partial charge in [0.1, 0.15) is 5.52 Å². The highest BCUT2D eigenvalue weighted by atomic mass is 32.1. The maximum Gasteiger partial charge on any atom is 0.265 e. The molecule has 2 heterocycles. The zero-order valence-corrected chi connectivity index (χ0v) is 13.8. The number of rotatable bonds is 3. The lowest BCUT2D eigenvalue weighted by atomic mass is 10.1. The maximum atomic E-state index is 12.1. The predicted octanol–water partition coefficient (Wildman–Crippen LogP) is 5.12. The van der Waals surface area contributed by atoms with Gasteiger partial charge in [-0.2, -0.15) is 0 Å². The highest BCUT2D eigenvalue weighted by molar-refractivity contribution is 7.12. The van der Waals surface area contributed by atoms with Crippen molar-refractivity contribution in [3.8, 4) is 11.5 Å². The summed E-state index contributed by atoms with van der Waals surface area (Å²) in [6, 6.07) is 17.1. The van der Waals surface area contributed by atoms with Gasteiger partial charge in [-0.25, -0.2) is 4.98 Å². The molecule has 4 aromatic rings. The number of amides is 1. The van der Waals surface area contributed by atoms with E-state index in [1.54, 1.807) is 6.07 Å². The van der Waals surface area contributed by atoms with Crippen LogP contribution in [0.1, 0.15) is 15.2 Å². The van der Waals surface area contributed by atoms with Gasteiger partial charge < -0.3 is 9.73 Å². The van der Waals surface area contributed by atoms with Crippen LogP contribution in [0.25, 0.3) is 22.6 Å². The average molecular weight is 334 g/mol. The van der Waals surface area contributed by atoms with Crippen molar-refractivity contribution in [2.24, 2.45) is 0 Å². The fraction of sp³-hybridized carbons (Fsp3) is 0.0526. The van der Waals surface area contributed by atoms with Crippen molar-refractivity contribution in [2.45, 2.75) is 6.92 Å². The third-order valence-corrected chi connectivity index (χ3v) is 4.56. The van der Waals surface area contributed by atoms with Gasteiger partial charge in [0.25, 0.3) is 5.91 Å². The summed E-state index contributed by atoms with van der Waals surface area (Å²) < 4.78 is 5.80. The van der Waals surface area contributed by atoms with Gasteiger partial charge in [0.05, 0.1) is 4.88 Å². The molecule has 24 heavy (non-hydrogen) atoms. The Hall–Kier alpha value is -2.92. The second-order valence-electron chi connectivity index (χ2n) is 5.50. The highest BCUT2D eigenvalue weighted by Gasteiger charge is 2.11. The van der Waals surface area contributed by atoms with E-state index in [-0.39, 0.29) is 5.91 Å². The van der Waals surface area contributed by atoms with Crippen molar-refractivity contribution in [2.75, 3.05) is 5.32 Å². The number of fused-ring (bicyclic) bond motifs is 1. The Balaban J connectivity index is 1.63. The lowest BCUT2D eigenvalue weighted by Gasteiger charge is -2.02. The van der Waals surface area contributed by atoms with E-state index < -0.39 is 0 Å². The summed E-state index contributed by atoms with van der Waals surface area (Å²) in [5.41, 5.74) is 4.23. The van der Waals surface area contributed by atoms with Crippen molar-refractivity contribution in [3.63, 3.8) is 0 Å². The van der Waals surface area contributed by atoms with Gasteiger partial charge in [-0.1, -0.05) is 23.8 Å². The number of nitrogens with one attached hydrogen (secondary N) is 1. The third kappa shape index (κ3) is 2.81. The quantitative estimate of drug-likeness (QED) is 0.566. The molecule has 0 radical (unpaired) electrons. The first-order valence-electron chi connectivity index (χ1n) is 7.51. The molecule has 0 aliphatic heterocycles. The Labute approximate surface area is 142 Å². The number of thiophene rings is 1. The molecule has 0 fully saturated rings. The van der Waals surface area contributed by atoms with Crippen molar-refractivity contribution in [3.05, 3.63) is 70.4 Å². The summed E-state index contributed by atoms with van der Waals surface area (Å²) in [7, 11) is 0. The number of oxazole rings is 1. The number of hydrogen-bond acceptors (Lipinski definition) is 4. The summed E-state index contributed by atoms with van der Waals surface area (Å²) in [5, 5.41) is 4.76. The van der Waals surface area contributed by atoms with E-state index in [4.69, 9.17) is 4.42 Å². The molecule has 0 bridgehead atoms. The molecule has 1 amide bonds. The number of aromatic nitrogens is 1. The van der Waals surface area contributed by atoms with Crippen LogP contribution >= 0.6 is 11.3 Å². The van der Waals surface area contributed by atoms with E-state index in [2.05, 4.69) is 10.3 Å².